The topological polar surface area (TPSA) is 50.3 Å². The van der Waals surface area contributed by atoms with Crippen molar-refractivity contribution in [3.63, 3.8) is 0 Å². The van der Waals surface area contributed by atoms with Crippen molar-refractivity contribution in [2.75, 3.05) is 7.05 Å². The minimum Gasteiger partial charge on any atom is -0.264 e. The number of benzene rings is 1. The molecular formula is C14H13F3N2O2S. The molecule has 0 aliphatic rings. The smallest absolute Gasteiger partial charge is 0.264 e. The van der Waals surface area contributed by atoms with Gasteiger partial charge in [-0.3, -0.25) is 4.98 Å². The van der Waals surface area contributed by atoms with E-state index in [-0.39, 0.29) is 11.4 Å². The third-order valence-corrected chi connectivity index (χ3v) is 4.84. The van der Waals surface area contributed by atoms with Gasteiger partial charge in [-0.15, -0.1) is 0 Å². The van der Waals surface area contributed by atoms with Crippen LogP contribution in [0.2, 0.25) is 0 Å². The van der Waals surface area contributed by atoms with Gasteiger partial charge < -0.3 is 0 Å². The van der Waals surface area contributed by atoms with Crippen molar-refractivity contribution >= 4 is 10.0 Å². The lowest BCUT2D eigenvalue weighted by molar-refractivity contribution is -0.137. The van der Waals surface area contributed by atoms with Gasteiger partial charge in [0.05, 0.1) is 10.5 Å². The molecule has 0 spiro atoms. The molecule has 0 unspecified atom stereocenters. The summed E-state index contributed by atoms with van der Waals surface area (Å²) in [6, 6.07) is 6.81. The Labute approximate surface area is 126 Å². The quantitative estimate of drug-likeness (QED) is 0.866. The number of halogens is 3. The van der Waals surface area contributed by atoms with Crippen LogP contribution in [0.1, 0.15) is 11.1 Å². The molecule has 0 radical (unpaired) electrons. The van der Waals surface area contributed by atoms with Crippen LogP contribution in [0.3, 0.4) is 0 Å². The molecule has 0 bridgehead atoms. The van der Waals surface area contributed by atoms with Gasteiger partial charge >= 0.3 is 6.18 Å². The van der Waals surface area contributed by atoms with Crippen LogP contribution in [0.25, 0.3) is 0 Å². The number of sulfonamides is 1. The van der Waals surface area contributed by atoms with Crippen molar-refractivity contribution in [1.29, 1.82) is 0 Å². The van der Waals surface area contributed by atoms with E-state index in [2.05, 4.69) is 4.98 Å². The minimum absolute atomic E-state index is 0.0806. The van der Waals surface area contributed by atoms with Crippen LogP contribution in [0, 0.1) is 0 Å². The summed E-state index contributed by atoms with van der Waals surface area (Å²) in [6.45, 7) is 0.0806. The Bertz CT molecular complexity index is 729. The first-order valence-corrected chi connectivity index (χ1v) is 7.68. The molecule has 1 aromatic carbocycles. The molecule has 4 nitrogen and oxygen atoms in total. The minimum atomic E-state index is -4.50. The van der Waals surface area contributed by atoms with Crippen LogP contribution in [0.4, 0.5) is 13.2 Å². The van der Waals surface area contributed by atoms with E-state index in [0.29, 0.717) is 5.56 Å². The highest BCUT2D eigenvalue weighted by Crippen LogP contribution is 2.30. The first kappa shape index (κ1) is 16.4. The third kappa shape index (κ3) is 3.63. The lowest BCUT2D eigenvalue weighted by Gasteiger charge is -2.17. The number of nitrogens with zero attached hydrogens (tertiary/aromatic N) is 2. The van der Waals surface area contributed by atoms with Gasteiger partial charge in [-0.2, -0.15) is 17.5 Å². The molecule has 8 heteroatoms. The molecule has 2 rings (SSSR count). The average molecular weight is 330 g/mol. The van der Waals surface area contributed by atoms with Crippen molar-refractivity contribution in [2.45, 2.75) is 17.6 Å². The van der Waals surface area contributed by atoms with Gasteiger partial charge in [-0.1, -0.05) is 6.07 Å². The summed E-state index contributed by atoms with van der Waals surface area (Å²) in [4.78, 5) is 3.70. The molecule has 0 atom stereocenters. The van der Waals surface area contributed by atoms with E-state index < -0.39 is 21.8 Å². The predicted octanol–water partition coefficient (Wildman–Crippen LogP) is 2.92. The molecule has 1 heterocycles. The molecule has 1 aromatic heterocycles. The van der Waals surface area contributed by atoms with Gasteiger partial charge in [0.25, 0.3) is 0 Å². The zero-order valence-corrected chi connectivity index (χ0v) is 12.4. The van der Waals surface area contributed by atoms with Crippen molar-refractivity contribution < 1.29 is 21.6 Å². The number of rotatable bonds is 4. The second-order valence-electron chi connectivity index (χ2n) is 4.64. The maximum atomic E-state index is 12.5. The summed E-state index contributed by atoms with van der Waals surface area (Å²) < 4.78 is 63.2. The van der Waals surface area contributed by atoms with Gasteiger partial charge in [-0.25, -0.2) is 8.42 Å². The van der Waals surface area contributed by atoms with Crippen LogP contribution in [-0.2, 0) is 22.7 Å². The first-order valence-electron chi connectivity index (χ1n) is 6.24. The predicted molar refractivity (Wildman–Crippen MR) is 74.3 cm³/mol. The van der Waals surface area contributed by atoms with E-state index >= 15 is 0 Å². The third-order valence-electron chi connectivity index (χ3n) is 3.02. The fraction of sp³-hybridized carbons (Fsp3) is 0.214. The Balaban J connectivity index is 2.22. The fourth-order valence-corrected chi connectivity index (χ4v) is 2.99. The van der Waals surface area contributed by atoms with Gasteiger partial charge in [0.1, 0.15) is 0 Å². The van der Waals surface area contributed by atoms with Crippen LogP contribution >= 0.6 is 0 Å². The summed E-state index contributed by atoms with van der Waals surface area (Å²) in [7, 11) is -2.50. The van der Waals surface area contributed by atoms with Crippen LogP contribution < -0.4 is 0 Å². The highest BCUT2D eigenvalue weighted by molar-refractivity contribution is 7.89. The molecule has 0 fully saturated rings. The maximum absolute atomic E-state index is 12.5. The SMILES string of the molecule is CN(Cc1cccnc1)S(=O)(=O)c1ccc(C(F)(F)F)cc1. The lowest BCUT2D eigenvalue weighted by Crippen LogP contribution is -2.26. The Hall–Kier alpha value is -1.93. The summed E-state index contributed by atoms with van der Waals surface area (Å²) >= 11 is 0. The molecule has 0 N–H and O–H groups in total. The highest BCUT2D eigenvalue weighted by Gasteiger charge is 2.31. The van der Waals surface area contributed by atoms with Gasteiger partial charge in [-0.05, 0) is 35.9 Å². The van der Waals surface area contributed by atoms with Crippen LogP contribution in [0.5, 0.6) is 0 Å². The summed E-state index contributed by atoms with van der Waals surface area (Å²) in [5.74, 6) is 0. The average Bonchev–Trinajstić information content (AvgIpc) is 2.47. The molecular weight excluding hydrogens is 317 g/mol. The molecule has 0 saturated heterocycles. The van der Waals surface area contributed by atoms with Gasteiger partial charge in [0.15, 0.2) is 0 Å². The fourth-order valence-electron chi connectivity index (χ4n) is 1.83. The van der Waals surface area contributed by atoms with E-state index in [1.54, 1.807) is 18.3 Å². The number of pyridine rings is 1. The molecule has 22 heavy (non-hydrogen) atoms. The normalized spacial score (nSPS) is 12.6. The molecule has 0 aliphatic heterocycles. The largest absolute Gasteiger partial charge is 0.416 e. The van der Waals surface area contributed by atoms with Crippen molar-refractivity contribution in [1.82, 2.24) is 9.29 Å². The zero-order chi connectivity index (χ0) is 16.4. The first-order chi connectivity index (χ1) is 10.2. The van der Waals surface area contributed by atoms with E-state index in [1.807, 2.05) is 0 Å². The monoisotopic (exact) mass is 330 g/mol. The Kier molecular flexibility index (Phi) is 4.52. The Morgan fingerprint density at radius 3 is 2.27 bits per heavy atom. The molecule has 2 aromatic rings. The van der Waals surface area contributed by atoms with Gasteiger partial charge in [0, 0.05) is 26.0 Å². The van der Waals surface area contributed by atoms with Gasteiger partial charge in [0.2, 0.25) is 10.0 Å². The Morgan fingerprint density at radius 1 is 1.14 bits per heavy atom. The van der Waals surface area contributed by atoms with Crippen molar-refractivity contribution in [3.8, 4) is 0 Å². The Morgan fingerprint density at radius 2 is 1.77 bits per heavy atom. The maximum Gasteiger partial charge on any atom is 0.416 e. The van der Waals surface area contributed by atoms with Crippen molar-refractivity contribution in [3.05, 3.63) is 59.9 Å². The van der Waals surface area contributed by atoms with E-state index in [1.165, 1.54) is 13.2 Å². The molecule has 0 saturated carbocycles. The van der Waals surface area contributed by atoms with E-state index in [4.69, 9.17) is 0 Å². The van der Waals surface area contributed by atoms with Crippen LogP contribution in [0.15, 0.2) is 53.7 Å². The zero-order valence-electron chi connectivity index (χ0n) is 11.6. The number of hydrogen-bond acceptors (Lipinski definition) is 3. The number of hydrogen-bond donors (Lipinski definition) is 0. The molecule has 0 aliphatic carbocycles. The lowest BCUT2D eigenvalue weighted by atomic mass is 10.2. The number of alkyl halides is 3. The standard InChI is InChI=1S/C14H13F3N2O2S/c1-19(10-11-3-2-8-18-9-11)22(20,21)13-6-4-12(5-7-13)14(15,16)17/h2-9H,10H2,1H3. The second kappa shape index (κ2) is 6.05. The van der Waals surface area contributed by atoms with E-state index in [0.717, 1.165) is 28.6 Å². The number of aromatic nitrogens is 1. The summed E-state index contributed by atoms with van der Waals surface area (Å²) in [5, 5.41) is 0. The van der Waals surface area contributed by atoms with E-state index in [9.17, 15) is 21.6 Å². The van der Waals surface area contributed by atoms with Crippen molar-refractivity contribution in [2.24, 2.45) is 0 Å². The molecule has 118 valence electrons. The summed E-state index contributed by atoms with van der Waals surface area (Å²) in [6.07, 6.45) is -1.41. The second-order valence-corrected chi connectivity index (χ2v) is 6.69. The highest BCUT2D eigenvalue weighted by atomic mass is 32.2. The summed E-state index contributed by atoms with van der Waals surface area (Å²) in [5.41, 5.74) is -0.207. The molecule has 0 amide bonds. The van der Waals surface area contributed by atoms with Crippen LogP contribution in [-0.4, -0.2) is 24.8 Å².